The van der Waals surface area contributed by atoms with Gasteiger partial charge in [0.1, 0.15) is 12.4 Å². The Hall–Kier alpha value is -0.990. The summed E-state index contributed by atoms with van der Waals surface area (Å²) in [6, 6.07) is 8.51. The Morgan fingerprint density at radius 3 is 2.72 bits per heavy atom. The molecule has 1 unspecified atom stereocenters. The zero-order chi connectivity index (χ0) is 13.4. The Bertz CT molecular complexity index is 390. The lowest BCUT2D eigenvalue weighted by molar-refractivity contribution is 0.342. The second-order valence-corrected chi connectivity index (χ2v) is 4.52. The summed E-state index contributed by atoms with van der Waals surface area (Å²) < 4.78 is 5.83. The zero-order valence-corrected chi connectivity index (χ0v) is 12.1. The number of hydrogen-bond acceptors (Lipinski definition) is 2. The standard InChI is InChI=1S/C15H22ClNO/c1-4-14(17-5-2)13-8-6-7-9-15(13)18-11-12(3)10-16/h6-10,14,17H,4-5,11H2,1-3H3/b12-10+. The van der Waals surface area contributed by atoms with E-state index in [1.54, 1.807) is 5.54 Å². The molecule has 100 valence electrons. The first-order valence-corrected chi connectivity index (χ1v) is 6.87. The molecule has 18 heavy (non-hydrogen) atoms. The summed E-state index contributed by atoms with van der Waals surface area (Å²) >= 11 is 5.64. The third kappa shape index (κ3) is 4.35. The molecule has 1 aromatic carbocycles. The molecular formula is C15H22ClNO. The van der Waals surface area contributed by atoms with Gasteiger partial charge in [0, 0.05) is 17.1 Å². The van der Waals surface area contributed by atoms with Crippen molar-refractivity contribution in [3.63, 3.8) is 0 Å². The number of hydrogen-bond donors (Lipinski definition) is 1. The van der Waals surface area contributed by atoms with Crippen molar-refractivity contribution in [2.75, 3.05) is 13.2 Å². The molecule has 3 heteroatoms. The van der Waals surface area contributed by atoms with Gasteiger partial charge in [0.05, 0.1) is 0 Å². The van der Waals surface area contributed by atoms with E-state index in [2.05, 4.69) is 25.2 Å². The monoisotopic (exact) mass is 267 g/mol. The summed E-state index contributed by atoms with van der Waals surface area (Å²) in [6.45, 7) is 7.73. The molecule has 1 atom stereocenters. The largest absolute Gasteiger partial charge is 0.489 e. The molecule has 0 aliphatic heterocycles. The van der Waals surface area contributed by atoms with Crippen LogP contribution in [0.25, 0.3) is 0 Å². The van der Waals surface area contributed by atoms with Crippen LogP contribution < -0.4 is 10.1 Å². The maximum atomic E-state index is 5.83. The van der Waals surface area contributed by atoms with Crippen LogP contribution in [0.2, 0.25) is 0 Å². The molecule has 0 aliphatic rings. The highest BCUT2D eigenvalue weighted by molar-refractivity contribution is 6.25. The lowest BCUT2D eigenvalue weighted by Gasteiger charge is -2.20. The predicted octanol–water partition coefficient (Wildman–Crippen LogP) is 4.27. The van der Waals surface area contributed by atoms with Crippen LogP contribution in [0.1, 0.15) is 38.8 Å². The van der Waals surface area contributed by atoms with Crippen LogP contribution in [0, 0.1) is 0 Å². The van der Waals surface area contributed by atoms with Crippen LogP contribution in [-0.2, 0) is 0 Å². The zero-order valence-electron chi connectivity index (χ0n) is 11.4. The summed E-state index contributed by atoms with van der Waals surface area (Å²) in [7, 11) is 0. The van der Waals surface area contributed by atoms with Gasteiger partial charge in [-0.2, -0.15) is 0 Å². The maximum absolute atomic E-state index is 5.83. The number of para-hydroxylation sites is 1. The van der Waals surface area contributed by atoms with E-state index in [9.17, 15) is 0 Å². The fourth-order valence-corrected chi connectivity index (χ4v) is 1.91. The van der Waals surface area contributed by atoms with Gasteiger partial charge in [-0.15, -0.1) is 0 Å². The van der Waals surface area contributed by atoms with Gasteiger partial charge in [-0.3, -0.25) is 0 Å². The van der Waals surface area contributed by atoms with Gasteiger partial charge in [0.2, 0.25) is 0 Å². The molecule has 0 spiro atoms. The second-order valence-electron chi connectivity index (χ2n) is 4.30. The van der Waals surface area contributed by atoms with Crippen molar-refractivity contribution in [1.29, 1.82) is 0 Å². The van der Waals surface area contributed by atoms with Gasteiger partial charge in [-0.1, -0.05) is 43.6 Å². The van der Waals surface area contributed by atoms with Gasteiger partial charge in [-0.05, 0) is 31.5 Å². The van der Waals surface area contributed by atoms with Crippen LogP contribution in [0.3, 0.4) is 0 Å². The van der Waals surface area contributed by atoms with Gasteiger partial charge in [0.15, 0.2) is 0 Å². The molecule has 1 aromatic rings. The van der Waals surface area contributed by atoms with Crippen LogP contribution >= 0.6 is 11.6 Å². The molecule has 2 nitrogen and oxygen atoms in total. The average Bonchev–Trinajstić information content (AvgIpc) is 2.42. The van der Waals surface area contributed by atoms with Crippen molar-refractivity contribution >= 4 is 11.6 Å². The topological polar surface area (TPSA) is 21.3 Å². The number of benzene rings is 1. The fourth-order valence-electron chi connectivity index (χ4n) is 1.84. The third-order valence-electron chi connectivity index (χ3n) is 2.79. The second kappa shape index (κ2) is 8.17. The Morgan fingerprint density at radius 2 is 2.11 bits per heavy atom. The lowest BCUT2D eigenvalue weighted by Crippen LogP contribution is -2.20. The van der Waals surface area contributed by atoms with Gasteiger partial charge in [0.25, 0.3) is 0 Å². The molecule has 0 fully saturated rings. The Balaban J connectivity index is 2.84. The molecule has 0 heterocycles. The Labute approximate surface area is 115 Å². The molecular weight excluding hydrogens is 246 g/mol. The molecule has 0 bridgehead atoms. The summed E-state index contributed by atoms with van der Waals surface area (Å²) in [5, 5.41) is 3.47. The SMILES string of the molecule is CCNC(CC)c1ccccc1OC/C(C)=C/Cl. The highest BCUT2D eigenvalue weighted by Gasteiger charge is 2.12. The van der Waals surface area contributed by atoms with Gasteiger partial charge >= 0.3 is 0 Å². The smallest absolute Gasteiger partial charge is 0.124 e. The average molecular weight is 268 g/mol. The maximum Gasteiger partial charge on any atom is 0.124 e. The summed E-state index contributed by atoms with van der Waals surface area (Å²) in [6.07, 6.45) is 1.04. The van der Waals surface area contributed by atoms with Crippen molar-refractivity contribution in [2.24, 2.45) is 0 Å². The first-order chi connectivity index (χ1) is 8.72. The Kier molecular flexibility index (Phi) is 6.84. The van der Waals surface area contributed by atoms with E-state index in [4.69, 9.17) is 16.3 Å². The minimum atomic E-state index is 0.339. The number of ether oxygens (including phenoxy) is 1. The number of rotatable bonds is 7. The van der Waals surface area contributed by atoms with Crippen LogP contribution in [0.15, 0.2) is 35.4 Å². The minimum Gasteiger partial charge on any atom is -0.489 e. The minimum absolute atomic E-state index is 0.339. The van der Waals surface area contributed by atoms with E-state index in [0.717, 1.165) is 24.3 Å². The molecule has 0 saturated carbocycles. The van der Waals surface area contributed by atoms with E-state index >= 15 is 0 Å². The first-order valence-electron chi connectivity index (χ1n) is 6.43. The van der Waals surface area contributed by atoms with E-state index < -0.39 is 0 Å². The number of halogens is 1. The van der Waals surface area contributed by atoms with Crippen LogP contribution in [0.4, 0.5) is 0 Å². The van der Waals surface area contributed by atoms with E-state index in [1.807, 2.05) is 25.1 Å². The molecule has 0 aromatic heterocycles. The van der Waals surface area contributed by atoms with Gasteiger partial charge in [-0.25, -0.2) is 0 Å². The Morgan fingerprint density at radius 1 is 1.39 bits per heavy atom. The molecule has 0 aliphatic carbocycles. The molecule has 0 saturated heterocycles. The highest BCUT2D eigenvalue weighted by Crippen LogP contribution is 2.27. The van der Waals surface area contributed by atoms with Crippen molar-refractivity contribution in [3.8, 4) is 5.75 Å². The van der Waals surface area contributed by atoms with Gasteiger partial charge < -0.3 is 10.1 Å². The van der Waals surface area contributed by atoms with E-state index in [1.165, 1.54) is 5.56 Å². The van der Waals surface area contributed by atoms with Crippen LogP contribution in [0.5, 0.6) is 5.75 Å². The highest BCUT2D eigenvalue weighted by atomic mass is 35.5. The molecule has 1 N–H and O–H groups in total. The number of nitrogens with one attached hydrogen (secondary N) is 1. The van der Waals surface area contributed by atoms with Crippen molar-refractivity contribution < 1.29 is 4.74 Å². The molecule has 0 radical (unpaired) electrons. The van der Waals surface area contributed by atoms with E-state index in [0.29, 0.717) is 12.6 Å². The van der Waals surface area contributed by atoms with Crippen LogP contribution in [-0.4, -0.2) is 13.2 Å². The molecule has 0 amide bonds. The van der Waals surface area contributed by atoms with Crippen molar-refractivity contribution in [3.05, 3.63) is 40.9 Å². The summed E-state index contributed by atoms with van der Waals surface area (Å²) in [4.78, 5) is 0. The normalized spacial score (nSPS) is 13.4. The van der Waals surface area contributed by atoms with Crippen molar-refractivity contribution in [1.82, 2.24) is 5.32 Å². The quantitative estimate of drug-likeness (QED) is 0.797. The van der Waals surface area contributed by atoms with Crippen molar-refractivity contribution in [2.45, 2.75) is 33.2 Å². The lowest BCUT2D eigenvalue weighted by atomic mass is 10.0. The summed E-state index contributed by atoms with van der Waals surface area (Å²) in [5.41, 5.74) is 3.79. The summed E-state index contributed by atoms with van der Waals surface area (Å²) in [5.74, 6) is 0.933. The predicted molar refractivity (Wildman–Crippen MR) is 78.3 cm³/mol. The van der Waals surface area contributed by atoms with E-state index in [-0.39, 0.29) is 0 Å². The molecule has 1 rings (SSSR count). The third-order valence-corrected chi connectivity index (χ3v) is 3.17. The first kappa shape index (κ1) is 15.1. The fraction of sp³-hybridized carbons (Fsp3) is 0.467.